The van der Waals surface area contributed by atoms with Gasteiger partial charge in [-0.15, -0.1) is 0 Å². The maximum absolute atomic E-state index is 10.7. The Hall–Kier alpha value is -2.12. The predicted molar refractivity (Wildman–Crippen MR) is 82.6 cm³/mol. The molecular formula is C19H18O. The highest BCUT2D eigenvalue weighted by Crippen LogP contribution is 2.35. The molecule has 1 N–H and O–H groups in total. The van der Waals surface area contributed by atoms with Gasteiger partial charge in [0.05, 0.1) is 0 Å². The van der Waals surface area contributed by atoms with Crippen LogP contribution in [-0.4, -0.2) is 5.11 Å². The molecule has 0 amide bonds. The Morgan fingerprint density at radius 3 is 2.35 bits per heavy atom. The van der Waals surface area contributed by atoms with Gasteiger partial charge in [-0.2, -0.15) is 0 Å². The highest BCUT2D eigenvalue weighted by molar-refractivity contribution is 5.46. The molecule has 0 aromatic heterocycles. The lowest BCUT2D eigenvalue weighted by molar-refractivity contribution is 0.219. The molecule has 0 radical (unpaired) electrons. The lowest BCUT2D eigenvalue weighted by atomic mass is 9.87. The van der Waals surface area contributed by atoms with Gasteiger partial charge < -0.3 is 5.11 Å². The smallest absolute Gasteiger partial charge is 0.104 e. The van der Waals surface area contributed by atoms with E-state index in [0.717, 1.165) is 11.1 Å². The summed E-state index contributed by atoms with van der Waals surface area (Å²) >= 11 is 0. The molecule has 0 saturated carbocycles. The van der Waals surface area contributed by atoms with Gasteiger partial charge in [-0.1, -0.05) is 78.4 Å². The molecule has 0 aliphatic heterocycles. The summed E-state index contributed by atoms with van der Waals surface area (Å²) in [7, 11) is 0. The first-order valence-electron chi connectivity index (χ1n) is 6.94. The lowest BCUT2D eigenvalue weighted by Crippen LogP contribution is -2.06. The summed E-state index contributed by atoms with van der Waals surface area (Å²) in [6, 6.07) is 18.0. The summed E-state index contributed by atoms with van der Waals surface area (Å²) in [6.45, 7) is 2.14. The van der Waals surface area contributed by atoms with Crippen LogP contribution in [0, 0.1) is 0 Å². The van der Waals surface area contributed by atoms with Crippen LogP contribution < -0.4 is 0 Å². The van der Waals surface area contributed by atoms with Crippen molar-refractivity contribution in [2.45, 2.75) is 18.9 Å². The van der Waals surface area contributed by atoms with Crippen LogP contribution in [0.3, 0.4) is 0 Å². The normalized spacial score (nSPS) is 18.9. The molecule has 2 aromatic rings. The highest BCUT2D eigenvalue weighted by atomic mass is 16.3. The van der Waals surface area contributed by atoms with Crippen molar-refractivity contribution in [3.63, 3.8) is 0 Å². The zero-order chi connectivity index (χ0) is 13.9. The average molecular weight is 262 g/mol. The second kappa shape index (κ2) is 5.48. The first kappa shape index (κ1) is 12.9. The van der Waals surface area contributed by atoms with Crippen LogP contribution in [0.25, 0.3) is 0 Å². The average Bonchev–Trinajstić information content (AvgIpc) is 2.93. The number of aliphatic hydroxyl groups excluding tert-OH is 1. The van der Waals surface area contributed by atoms with E-state index >= 15 is 0 Å². The van der Waals surface area contributed by atoms with Gasteiger partial charge in [0.15, 0.2) is 0 Å². The molecule has 1 heteroatoms. The molecule has 2 aromatic carbocycles. The molecule has 3 rings (SSSR count). The fourth-order valence-corrected chi connectivity index (χ4v) is 2.78. The van der Waals surface area contributed by atoms with Gasteiger partial charge >= 0.3 is 0 Å². The molecule has 100 valence electrons. The van der Waals surface area contributed by atoms with Gasteiger partial charge in [0.25, 0.3) is 0 Å². The topological polar surface area (TPSA) is 20.2 Å². The molecule has 1 aliphatic rings. The fraction of sp³-hybridized carbons (Fsp3) is 0.158. The molecule has 1 nitrogen and oxygen atoms in total. The minimum absolute atomic E-state index is 0.282. The summed E-state index contributed by atoms with van der Waals surface area (Å²) < 4.78 is 0. The third kappa shape index (κ3) is 2.33. The molecule has 0 spiro atoms. The summed E-state index contributed by atoms with van der Waals surface area (Å²) in [5.41, 5.74) is 4.43. The van der Waals surface area contributed by atoms with Crippen molar-refractivity contribution in [2.24, 2.45) is 0 Å². The van der Waals surface area contributed by atoms with Gasteiger partial charge in [0.2, 0.25) is 0 Å². The Balaban J connectivity index is 2.02. The Morgan fingerprint density at radius 2 is 1.65 bits per heavy atom. The van der Waals surface area contributed by atoms with Gasteiger partial charge in [0, 0.05) is 5.92 Å². The number of allylic oxidation sites excluding steroid dienone is 4. The van der Waals surface area contributed by atoms with E-state index in [1.54, 1.807) is 0 Å². The second-order valence-electron chi connectivity index (χ2n) is 5.22. The zero-order valence-electron chi connectivity index (χ0n) is 11.5. The molecule has 20 heavy (non-hydrogen) atoms. The maximum Gasteiger partial charge on any atom is 0.104 e. The van der Waals surface area contributed by atoms with Crippen molar-refractivity contribution in [1.29, 1.82) is 0 Å². The number of hydrogen-bond acceptors (Lipinski definition) is 1. The molecule has 2 unspecified atom stereocenters. The highest BCUT2D eigenvalue weighted by Gasteiger charge is 2.20. The van der Waals surface area contributed by atoms with E-state index in [4.69, 9.17) is 0 Å². The van der Waals surface area contributed by atoms with Crippen LogP contribution in [0.4, 0.5) is 0 Å². The minimum atomic E-state index is -0.575. The fourth-order valence-electron chi connectivity index (χ4n) is 2.78. The van der Waals surface area contributed by atoms with Crippen LogP contribution in [0.15, 0.2) is 78.4 Å². The molecule has 0 fully saturated rings. The van der Waals surface area contributed by atoms with Crippen molar-refractivity contribution in [2.75, 3.05) is 0 Å². The number of hydrogen-bond donors (Lipinski definition) is 1. The second-order valence-corrected chi connectivity index (χ2v) is 5.22. The largest absolute Gasteiger partial charge is 0.384 e. The summed E-state index contributed by atoms with van der Waals surface area (Å²) in [4.78, 5) is 0. The molecule has 0 heterocycles. The Bertz CT molecular complexity index is 652. The van der Waals surface area contributed by atoms with Crippen molar-refractivity contribution in [3.8, 4) is 0 Å². The maximum atomic E-state index is 10.7. The van der Waals surface area contributed by atoms with Crippen LogP contribution in [-0.2, 0) is 0 Å². The van der Waals surface area contributed by atoms with E-state index < -0.39 is 6.10 Å². The Kier molecular flexibility index (Phi) is 3.53. The number of aliphatic hydroxyl groups is 1. The molecule has 2 atom stereocenters. The van der Waals surface area contributed by atoms with Crippen LogP contribution in [0.2, 0.25) is 0 Å². The van der Waals surface area contributed by atoms with Crippen LogP contribution >= 0.6 is 0 Å². The van der Waals surface area contributed by atoms with Gasteiger partial charge in [-0.3, -0.25) is 0 Å². The monoisotopic (exact) mass is 262 g/mol. The van der Waals surface area contributed by atoms with E-state index in [1.165, 1.54) is 11.1 Å². The lowest BCUT2D eigenvalue weighted by Gasteiger charge is -2.20. The zero-order valence-corrected chi connectivity index (χ0v) is 11.5. The van der Waals surface area contributed by atoms with Gasteiger partial charge in [-0.25, -0.2) is 0 Å². The molecule has 0 bridgehead atoms. The summed E-state index contributed by atoms with van der Waals surface area (Å²) in [6.07, 6.45) is 5.84. The van der Waals surface area contributed by atoms with E-state index in [-0.39, 0.29) is 5.92 Å². The first-order chi connectivity index (χ1) is 9.77. The molecule has 0 saturated heterocycles. The predicted octanol–water partition coefficient (Wildman–Crippen LogP) is 4.37. The van der Waals surface area contributed by atoms with Crippen LogP contribution in [0.5, 0.6) is 0 Å². The third-order valence-electron chi connectivity index (χ3n) is 3.89. The van der Waals surface area contributed by atoms with Gasteiger partial charge in [0.1, 0.15) is 6.10 Å². The third-order valence-corrected chi connectivity index (χ3v) is 3.89. The van der Waals surface area contributed by atoms with E-state index in [1.807, 2.05) is 48.5 Å². The minimum Gasteiger partial charge on any atom is -0.384 e. The van der Waals surface area contributed by atoms with E-state index in [0.29, 0.717) is 0 Å². The van der Waals surface area contributed by atoms with E-state index in [9.17, 15) is 5.11 Å². The van der Waals surface area contributed by atoms with Crippen molar-refractivity contribution < 1.29 is 5.11 Å². The van der Waals surface area contributed by atoms with Crippen LogP contribution in [0.1, 0.15) is 35.6 Å². The SMILES string of the molecule is CC1=CC=CC1c1ccccc1C(O)c1ccccc1. The Morgan fingerprint density at radius 1 is 0.950 bits per heavy atom. The van der Waals surface area contributed by atoms with Crippen molar-refractivity contribution >= 4 is 0 Å². The van der Waals surface area contributed by atoms with E-state index in [2.05, 4.69) is 31.2 Å². The summed E-state index contributed by atoms with van der Waals surface area (Å²) in [5.74, 6) is 0.282. The van der Waals surface area contributed by atoms with Crippen molar-refractivity contribution in [3.05, 3.63) is 95.1 Å². The number of benzene rings is 2. The Labute approximate surface area is 119 Å². The first-order valence-corrected chi connectivity index (χ1v) is 6.94. The number of rotatable bonds is 3. The quantitative estimate of drug-likeness (QED) is 0.871. The standard InChI is InChI=1S/C19H18O/c1-14-8-7-13-16(14)17-11-5-6-12-18(17)19(20)15-9-3-2-4-10-15/h2-13,16,19-20H,1H3. The molecular weight excluding hydrogens is 244 g/mol. The van der Waals surface area contributed by atoms with Crippen molar-refractivity contribution in [1.82, 2.24) is 0 Å². The molecule has 1 aliphatic carbocycles. The summed E-state index contributed by atoms with van der Waals surface area (Å²) in [5, 5.41) is 10.7. The van der Waals surface area contributed by atoms with Gasteiger partial charge in [-0.05, 0) is 23.6 Å².